The van der Waals surface area contributed by atoms with Crippen LogP contribution in [0.3, 0.4) is 0 Å². The average molecular weight is 256 g/mol. The van der Waals surface area contributed by atoms with Gasteiger partial charge in [0.05, 0.1) is 17.0 Å². The first-order valence-corrected chi connectivity index (χ1v) is 6.66. The molecule has 2 fully saturated rings. The third-order valence-corrected chi connectivity index (χ3v) is 4.53. The van der Waals surface area contributed by atoms with Crippen LogP contribution in [0.25, 0.3) is 0 Å². The van der Waals surface area contributed by atoms with E-state index >= 15 is 0 Å². The van der Waals surface area contributed by atoms with Gasteiger partial charge in [-0.05, 0) is 26.2 Å². The maximum atomic E-state index is 12.2. The van der Waals surface area contributed by atoms with Crippen LogP contribution in [0, 0.1) is 11.3 Å². The van der Waals surface area contributed by atoms with Gasteiger partial charge >= 0.3 is 0 Å². The molecule has 1 saturated heterocycles. The smallest absolute Gasteiger partial charge is 0.233 e. The highest BCUT2D eigenvalue weighted by molar-refractivity contribution is 7.80. The zero-order chi connectivity index (χ0) is 12.5. The molecule has 3 N–H and O–H groups in total. The summed E-state index contributed by atoms with van der Waals surface area (Å²) in [6, 6.07) is 0.136. The van der Waals surface area contributed by atoms with Crippen molar-refractivity contribution in [3.63, 3.8) is 0 Å². The molecule has 1 amide bonds. The highest BCUT2D eigenvalue weighted by atomic mass is 32.1. The first-order valence-electron chi connectivity index (χ1n) is 6.25. The van der Waals surface area contributed by atoms with Crippen molar-refractivity contribution in [1.82, 2.24) is 5.32 Å². The number of nitrogens with one attached hydrogen (secondary N) is 1. The summed E-state index contributed by atoms with van der Waals surface area (Å²) in [4.78, 5) is 12.6. The minimum atomic E-state index is -0.566. The molecule has 5 heteroatoms. The summed E-state index contributed by atoms with van der Waals surface area (Å²) in [6.07, 6.45) is 3.64. The van der Waals surface area contributed by atoms with Crippen molar-refractivity contribution in [2.24, 2.45) is 17.1 Å². The van der Waals surface area contributed by atoms with Crippen LogP contribution in [0.5, 0.6) is 0 Å². The van der Waals surface area contributed by atoms with Gasteiger partial charge in [0, 0.05) is 18.6 Å². The monoisotopic (exact) mass is 256 g/mol. The molecule has 0 bridgehead atoms. The summed E-state index contributed by atoms with van der Waals surface area (Å²) in [6.45, 7) is 3.57. The van der Waals surface area contributed by atoms with E-state index in [0.29, 0.717) is 10.9 Å². The number of hydrogen-bond acceptors (Lipinski definition) is 3. The fraction of sp³-hybridized carbons (Fsp3) is 0.833. The second-order valence-corrected chi connectivity index (χ2v) is 5.63. The zero-order valence-corrected chi connectivity index (χ0v) is 11.0. The number of hydrogen-bond donors (Lipinski definition) is 2. The van der Waals surface area contributed by atoms with Crippen molar-refractivity contribution in [2.75, 3.05) is 13.2 Å². The van der Waals surface area contributed by atoms with Crippen LogP contribution in [0.2, 0.25) is 0 Å². The minimum Gasteiger partial charge on any atom is -0.392 e. The van der Waals surface area contributed by atoms with E-state index in [-0.39, 0.29) is 11.9 Å². The molecule has 1 saturated carbocycles. The predicted octanol–water partition coefficient (Wildman–Crippen LogP) is 0.984. The number of nitrogens with two attached hydrogens (primary N) is 1. The van der Waals surface area contributed by atoms with E-state index in [4.69, 9.17) is 22.7 Å². The van der Waals surface area contributed by atoms with E-state index in [9.17, 15) is 4.79 Å². The lowest BCUT2D eigenvalue weighted by Gasteiger charge is -2.40. The second-order valence-electron chi connectivity index (χ2n) is 5.19. The van der Waals surface area contributed by atoms with E-state index < -0.39 is 5.41 Å². The first kappa shape index (κ1) is 12.8. The molecular weight excluding hydrogens is 236 g/mol. The van der Waals surface area contributed by atoms with E-state index in [2.05, 4.69) is 5.32 Å². The molecule has 17 heavy (non-hydrogen) atoms. The zero-order valence-electron chi connectivity index (χ0n) is 10.2. The molecule has 4 nitrogen and oxygen atoms in total. The fourth-order valence-corrected chi connectivity index (χ4v) is 2.82. The standard InChI is InChI=1S/C12H20N2O2S/c1-8(9-3-6-16-7-9)14-11(15)12(10(13)17)4-2-5-12/h8-9H,2-7H2,1H3,(H2,13,17)(H,14,15). The Kier molecular flexibility index (Phi) is 3.68. The van der Waals surface area contributed by atoms with Crippen LogP contribution >= 0.6 is 12.2 Å². The van der Waals surface area contributed by atoms with Crippen LogP contribution in [0.15, 0.2) is 0 Å². The Morgan fingerprint density at radius 2 is 2.29 bits per heavy atom. The van der Waals surface area contributed by atoms with Crippen molar-refractivity contribution < 1.29 is 9.53 Å². The fourth-order valence-electron chi connectivity index (χ4n) is 2.53. The summed E-state index contributed by atoms with van der Waals surface area (Å²) in [7, 11) is 0. The number of carbonyl (C=O) groups excluding carboxylic acids is 1. The summed E-state index contributed by atoms with van der Waals surface area (Å²) in [5, 5.41) is 3.06. The number of amides is 1. The first-order chi connectivity index (χ1) is 8.06. The van der Waals surface area contributed by atoms with Crippen LogP contribution in [-0.2, 0) is 9.53 Å². The van der Waals surface area contributed by atoms with Gasteiger partial charge in [0.25, 0.3) is 0 Å². The second kappa shape index (κ2) is 4.90. The number of thiocarbonyl (C=S) groups is 1. The lowest BCUT2D eigenvalue weighted by molar-refractivity contribution is -0.131. The van der Waals surface area contributed by atoms with Crippen LogP contribution < -0.4 is 11.1 Å². The third kappa shape index (κ3) is 2.31. The van der Waals surface area contributed by atoms with Gasteiger partial charge < -0.3 is 15.8 Å². The molecule has 1 aliphatic carbocycles. The van der Waals surface area contributed by atoms with Gasteiger partial charge in [-0.25, -0.2) is 0 Å². The predicted molar refractivity (Wildman–Crippen MR) is 69.6 cm³/mol. The summed E-state index contributed by atoms with van der Waals surface area (Å²) < 4.78 is 5.33. The Hall–Kier alpha value is -0.680. The molecule has 2 atom stereocenters. The van der Waals surface area contributed by atoms with Crippen molar-refractivity contribution in [1.29, 1.82) is 0 Å². The van der Waals surface area contributed by atoms with Gasteiger partial charge in [-0.1, -0.05) is 18.6 Å². The molecule has 2 aliphatic rings. The largest absolute Gasteiger partial charge is 0.392 e. The van der Waals surface area contributed by atoms with Gasteiger partial charge in [-0.15, -0.1) is 0 Å². The topological polar surface area (TPSA) is 64.4 Å². The number of rotatable bonds is 4. The van der Waals surface area contributed by atoms with E-state index in [1.165, 1.54) is 0 Å². The van der Waals surface area contributed by atoms with E-state index in [0.717, 1.165) is 38.9 Å². The normalized spacial score (nSPS) is 28.2. The van der Waals surface area contributed by atoms with Crippen molar-refractivity contribution in [2.45, 2.75) is 38.6 Å². The Morgan fingerprint density at radius 3 is 2.71 bits per heavy atom. The van der Waals surface area contributed by atoms with E-state index in [1.54, 1.807) is 0 Å². The molecule has 0 aromatic rings. The van der Waals surface area contributed by atoms with Gasteiger partial charge in [0.2, 0.25) is 5.91 Å². The van der Waals surface area contributed by atoms with Gasteiger partial charge in [-0.3, -0.25) is 4.79 Å². The summed E-state index contributed by atoms with van der Waals surface area (Å²) in [5.41, 5.74) is 5.14. The molecule has 2 unspecified atom stereocenters. The maximum absolute atomic E-state index is 12.2. The van der Waals surface area contributed by atoms with Crippen LogP contribution in [0.4, 0.5) is 0 Å². The maximum Gasteiger partial charge on any atom is 0.233 e. The molecule has 2 rings (SSSR count). The van der Waals surface area contributed by atoms with Gasteiger partial charge in [0.1, 0.15) is 0 Å². The molecule has 96 valence electrons. The highest BCUT2D eigenvalue weighted by Crippen LogP contribution is 2.41. The van der Waals surface area contributed by atoms with Crippen molar-refractivity contribution in [3.05, 3.63) is 0 Å². The highest BCUT2D eigenvalue weighted by Gasteiger charge is 2.47. The van der Waals surface area contributed by atoms with E-state index in [1.807, 2.05) is 6.92 Å². The van der Waals surface area contributed by atoms with Gasteiger partial charge in [-0.2, -0.15) is 0 Å². The van der Waals surface area contributed by atoms with Gasteiger partial charge in [0.15, 0.2) is 0 Å². The van der Waals surface area contributed by atoms with Crippen molar-refractivity contribution >= 4 is 23.1 Å². The molecule has 0 aromatic carbocycles. The molecule has 0 spiro atoms. The summed E-state index contributed by atoms with van der Waals surface area (Å²) in [5.74, 6) is 0.429. The Balaban J connectivity index is 1.93. The molecular formula is C12H20N2O2S. The quantitative estimate of drug-likeness (QED) is 0.736. The Bertz CT molecular complexity index is 322. The molecule has 0 aromatic heterocycles. The number of carbonyl (C=O) groups is 1. The molecule has 1 heterocycles. The Labute approximate surface area is 107 Å². The van der Waals surface area contributed by atoms with Crippen molar-refractivity contribution in [3.8, 4) is 0 Å². The van der Waals surface area contributed by atoms with Crippen LogP contribution in [0.1, 0.15) is 32.6 Å². The minimum absolute atomic E-state index is 0.00986. The Morgan fingerprint density at radius 1 is 1.59 bits per heavy atom. The number of ether oxygens (including phenoxy) is 1. The SMILES string of the molecule is CC(NC(=O)C1(C(N)=S)CCC1)C1CCOC1. The lowest BCUT2D eigenvalue weighted by atomic mass is 9.68. The lowest BCUT2D eigenvalue weighted by Crippen LogP contribution is -2.55. The molecule has 0 radical (unpaired) electrons. The van der Waals surface area contributed by atoms with Crippen LogP contribution in [-0.4, -0.2) is 30.2 Å². The summed E-state index contributed by atoms with van der Waals surface area (Å²) >= 11 is 5.04. The average Bonchev–Trinajstić information content (AvgIpc) is 2.66. The molecule has 1 aliphatic heterocycles. The third-order valence-electron chi connectivity index (χ3n) is 4.14.